The minimum absolute atomic E-state index is 0.324. The molecule has 2 aromatic carbocycles. The summed E-state index contributed by atoms with van der Waals surface area (Å²) in [7, 11) is 0. The standard InChI is InChI=1S/C20H18N4O2/c25-20(26)19-18(22-24-23-19)17-7-5-14(6-8-17)13-1-3-15(4-2-13)16-9-11-21-12-10-16/h1-12,18-19,22-24H,(H,25,26). The van der Waals surface area contributed by atoms with Gasteiger partial charge in [0.05, 0.1) is 6.04 Å². The Labute approximate surface area is 150 Å². The third-order valence-corrected chi connectivity index (χ3v) is 4.56. The number of aromatic nitrogens is 1. The average Bonchev–Trinajstić information content (AvgIpc) is 3.19. The number of aliphatic carboxylic acids is 1. The number of nitrogens with zero attached hydrogens (tertiary/aromatic N) is 1. The van der Waals surface area contributed by atoms with E-state index in [1.807, 2.05) is 36.4 Å². The molecule has 1 aromatic heterocycles. The molecule has 1 aliphatic heterocycles. The van der Waals surface area contributed by atoms with Crippen LogP contribution in [0.1, 0.15) is 11.6 Å². The van der Waals surface area contributed by atoms with E-state index in [1.165, 1.54) is 0 Å². The first-order valence-electron chi connectivity index (χ1n) is 8.32. The molecule has 1 aliphatic rings. The van der Waals surface area contributed by atoms with Gasteiger partial charge in [-0.1, -0.05) is 48.5 Å². The summed E-state index contributed by atoms with van der Waals surface area (Å²) in [6, 6.07) is 19.2. The summed E-state index contributed by atoms with van der Waals surface area (Å²) in [5, 5.41) is 9.25. The average molecular weight is 346 g/mol. The van der Waals surface area contributed by atoms with Gasteiger partial charge in [-0.15, -0.1) is 0 Å². The number of rotatable bonds is 4. The monoisotopic (exact) mass is 346 g/mol. The fourth-order valence-electron chi connectivity index (χ4n) is 3.13. The van der Waals surface area contributed by atoms with Gasteiger partial charge in [0.15, 0.2) is 0 Å². The molecule has 0 amide bonds. The number of hydrogen-bond donors (Lipinski definition) is 4. The third kappa shape index (κ3) is 3.21. The molecule has 1 saturated heterocycles. The van der Waals surface area contributed by atoms with Crippen LogP contribution in [-0.2, 0) is 4.79 Å². The second kappa shape index (κ2) is 7.05. The molecule has 6 nitrogen and oxygen atoms in total. The van der Waals surface area contributed by atoms with Gasteiger partial charge in [-0.05, 0) is 39.9 Å². The molecule has 2 atom stereocenters. The highest BCUT2D eigenvalue weighted by Crippen LogP contribution is 2.27. The summed E-state index contributed by atoms with van der Waals surface area (Å²) in [6.07, 6.45) is 3.57. The minimum Gasteiger partial charge on any atom is -0.480 e. The Morgan fingerprint density at radius 3 is 1.81 bits per heavy atom. The quantitative estimate of drug-likeness (QED) is 0.581. The largest absolute Gasteiger partial charge is 0.480 e. The van der Waals surface area contributed by atoms with Crippen molar-refractivity contribution < 1.29 is 9.90 Å². The topological polar surface area (TPSA) is 86.3 Å². The predicted octanol–water partition coefficient (Wildman–Crippen LogP) is 2.52. The molecule has 1 fully saturated rings. The number of carboxylic acid groups (broad SMARTS) is 1. The van der Waals surface area contributed by atoms with Crippen molar-refractivity contribution in [1.82, 2.24) is 21.4 Å². The summed E-state index contributed by atoms with van der Waals surface area (Å²) < 4.78 is 0. The van der Waals surface area contributed by atoms with Gasteiger partial charge in [-0.3, -0.25) is 9.78 Å². The summed E-state index contributed by atoms with van der Waals surface area (Å²) in [5.74, 6) is -0.900. The van der Waals surface area contributed by atoms with Crippen molar-refractivity contribution in [3.8, 4) is 22.3 Å². The van der Waals surface area contributed by atoms with E-state index in [-0.39, 0.29) is 6.04 Å². The Hall–Kier alpha value is -3.06. The summed E-state index contributed by atoms with van der Waals surface area (Å²) in [5.41, 5.74) is 13.7. The lowest BCUT2D eigenvalue weighted by Crippen LogP contribution is -2.38. The fraction of sp³-hybridized carbons (Fsp3) is 0.100. The number of benzene rings is 2. The summed E-state index contributed by atoms with van der Waals surface area (Å²) in [6.45, 7) is 0. The molecule has 4 rings (SSSR count). The zero-order valence-electron chi connectivity index (χ0n) is 13.9. The number of pyridine rings is 1. The maximum absolute atomic E-state index is 11.3. The minimum atomic E-state index is -0.900. The molecule has 0 saturated carbocycles. The van der Waals surface area contributed by atoms with Crippen molar-refractivity contribution in [2.24, 2.45) is 0 Å². The molecular weight excluding hydrogens is 328 g/mol. The molecule has 26 heavy (non-hydrogen) atoms. The fourth-order valence-corrected chi connectivity index (χ4v) is 3.13. The lowest BCUT2D eigenvalue weighted by molar-refractivity contribution is -0.139. The molecule has 2 unspecified atom stereocenters. The van der Waals surface area contributed by atoms with E-state index < -0.39 is 12.0 Å². The van der Waals surface area contributed by atoms with Crippen molar-refractivity contribution in [3.63, 3.8) is 0 Å². The Balaban J connectivity index is 1.55. The van der Waals surface area contributed by atoms with Crippen LogP contribution >= 0.6 is 0 Å². The van der Waals surface area contributed by atoms with Crippen LogP contribution in [-0.4, -0.2) is 22.1 Å². The van der Waals surface area contributed by atoms with Crippen LogP contribution in [0.5, 0.6) is 0 Å². The second-order valence-electron chi connectivity index (χ2n) is 6.14. The molecular formula is C20H18N4O2. The van der Waals surface area contributed by atoms with Crippen LogP contribution in [0.4, 0.5) is 0 Å². The number of hydrazine groups is 2. The second-order valence-corrected chi connectivity index (χ2v) is 6.14. The van der Waals surface area contributed by atoms with Crippen LogP contribution in [0, 0.1) is 0 Å². The van der Waals surface area contributed by atoms with Crippen LogP contribution in [0.15, 0.2) is 73.1 Å². The molecule has 6 heteroatoms. The molecule has 4 N–H and O–H groups in total. The maximum atomic E-state index is 11.3. The van der Waals surface area contributed by atoms with Gasteiger partial charge < -0.3 is 5.11 Å². The van der Waals surface area contributed by atoms with Gasteiger partial charge in [0.2, 0.25) is 0 Å². The Kier molecular flexibility index (Phi) is 4.45. The van der Waals surface area contributed by atoms with Crippen molar-refractivity contribution in [2.45, 2.75) is 12.1 Å². The van der Waals surface area contributed by atoms with Gasteiger partial charge in [0, 0.05) is 12.4 Å². The third-order valence-electron chi connectivity index (χ3n) is 4.56. The molecule has 2 heterocycles. The van der Waals surface area contributed by atoms with Gasteiger partial charge >= 0.3 is 5.97 Å². The maximum Gasteiger partial charge on any atom is 0.324 e. The van der Waals surface area contributed by atoms with E-state index in [4.69, 9.17) is 0 Å². The lowest BCUT2D eigenvalue weighted by atomic mass is 9.96. The van der Waals surface area contributed by atoms with E-state index in [0.29, 0.717) is 0 Å². The number of nitrogens with one attached hydrogen (secondary N) is 3. The van der Waals surface area contributed by atoms with E-state index >= 15 is 0 Å². The normalized spacial score (nSPS) is 19.4. The predicted molar refractivity (Wildman–Crippen MR) is 98.7 cm³/mol. The highest BCUT2D eigenvalue weighted by molar-refractivity contribution is 5.75. The van der Waals surface area contributed by atoms with E-state index in [2.05, 4.69) is 45.6 Å². The Morgan fingerprint density at radius 2 is 1.27 bits per heavy atom. The zero-order chi connectivity index (χ0) is 17.9. The van der Waals surface area contributed by atoms with Gasteiger partial charge in [-0.2, -0.15) is 5.53 Å². The van der Waals surface area contributed by atoms with Crippen LogP contribution in [0.25, 0.3) is 22.3 Å². The number of hydrogen-bond acceptors (Lipinski definition) is 5. The first-order chi connectivity index (χ1) is 12.7. The van der Waals surface area contributed by atoms with Crippen molar-refractivity contribution in [1.29, 1.82) is 0 Å². The molecule has 0 spiro atoms. The highest BCUT2D eigenvalue weighted by Gasteiger charge is 2.33. The number of carboxylic acids is 1. The molecule has 0 bridgehead atoms. The Bertz CT molecular complexity index is 895. The first-order valence-corrected chi connectivity index (χ1v) is 8.32. The molecule has 0 radical (unpaired) electrons. The highest BCUT2D eigenvalue weighted by atomic mass is 16.4. The molecule has 0 aliphatic carbocycles. The van der Waals surface area contributed by atoms with E-state index in [1.54, 1.807) is 12.4 Å². The van der Waals surface area contributed by atoms with Crippen LogP contribution in [0.2, 0.25) is 0 Å². The van der Waals surface area contributed by atoms with E-state index in [0.717, 1.165) is 27.8 Å². The van der Waals surface area contributed by atoms with Gasteiger partial charge in [0.1, 0.15) is 6.04 Å². The first kappa shape index (κ1) is 16.4. The smallest absolute Gasteiger partial charge is 0.324 e. The molecule has 3 aromatic rings. The van der Waals surface area contributed by atoms with Crippen LogP contribution < -0.4 is 16.4 Å². The van der Waals surface area contributed by atoms with Crippen LogP contribution in [0.3, 0.4) is 0 Å². The number of carbonyl (C=O) groups is 1. The van der Waals surface area contributed by atoms with Crippen molar-refractivity contribution in [2.75, 3.05) is 0 Å². The lowest BCUT2D eigenvalue weighted by Gasteiger charge is -2.15. The van der Waals surface area contributed by atoms with Crippen molar-refractivity contribution >= 4 is 5.97 Å². The summed E-state index contributed by atoms with van der Waals surface area (Å²) in [4.78, 5) is 15.3. The molecule has 130 valence electrons. The van der Waals surface area contributed by atoms with Gasteiger partial charge in [-0.25, -0.2) is 10.9 Å². The van der Waals surface area contributed by atoms with Crippen molar-refractivity contribution in [3.05, 3.63) is 78.6 Å². The Morgan fingerprint density at radius 1 is 0.769 bits per heavy atom. The SMILES string of the molecule is O=C(O)C1NNNC1c1ccc(-c2ccc(-c3ccncc3)cc2)cc1. The summed E-state index contributed by atoms with van der Waals surface area (Å²) >= 11 is 0. The van der Waals surface area contributed by atoms with E-state index in [9.17, 15) is 9.90 Å². The van der Waals surface area contributed by atoms with Gasteiger partial charge in [0.25, 0.3) is 0 Å². The zero-order valence-corrected chi connectivity index (χ0v) is 13.9.